The molecule has 1 aliphatic rings. The molecule has 0 aliphatic carbocycles. The molecule has 0 bridgehead atoms. The molecular formula is C14H15N3O4S. The van der Waals surface area contributed by atoms with Gasteiger partial charge in [-0.15, -0.1) is 5.10 Å². The number of nitrogens with one attached hydrogen (secondary N) is 1. The monoisotopic (exact) mass is 321 g/mol. The number of carbonyl (C=O) groups is 1. The van der Waals surface area contributed by atoms with Gasteiger partial charge in [0.15, 0.2) is 17.3 Å². The van der Waals surface area contributed by atoms with Gasteiger partial charge in [0.1, 0.15) is 18.5 Å². The Kier molecular flexibility index (Phi) is 4.19. The minimum atomic E-state index is -0.367. The summed E-state index contributed by atoms with van der Waals surface area (Å²) in [6.07, 6.45) is 0. The Balaban J connectivity index is 1.77. The number of hydrogen-bond acceptors (Lipinski definition) is 7. The van der Waals surface area contributed by atoms with Crippen molar-refractivity contribution in [3.63, 3.8) is 0 Å². The van der Waals surface area contributed by atoms with Crippen molar-refractivity contribution in [1.29, 1.82) is 0 Å². The zero-order valence-corrected chi connectivity index (χ0v) is 13.0. The number of rotatable bonds is 4. The van der Waals surface area contributed by atoms with E-state index >= 15 is 0 Å². The van der Waals surface area contributed by atoms with Crippen LogP contribution >= 0.6 is 11.8 Å². The first-order valence-corrected chi connectivity index (χ1v) is 7.62. The Bertz CT molecular complexity index is 688. The van der Waals surface area contributed by atoms with Crippen LogP contribution in [0.25, 0.3) is 11.4 Å². The SMILES string of the molecule is COC(=O)[C@H](C)Sc1n[nH]c(-c2ccc3c(c2)OCCO3)n1. The maximum absolute atomic E-state index is 11.4. The minimum absolute atomic E-state index is 0.310. The number of carbonyl (C=O) groups excluding carboxylic acids is 1. The van der Waals surface area contributed by atoms with E-state index in [4.69, 9.17) is 9.47 Å². The Morgan fingerprint density at radius 2 is 2.14 bits per heavy atom. The van der Waals surface area contributed by atoms with Crippen LogP contribution in [0.5, 0.6) is 11.5 Å². The summed E-state index contributed by atoms with van der Waals surface area (Å²) in [4.78, 5) is 15.8. The number of ether oxygens (including phenoxy) is 3. The number of benzene rings is 1. The average molecular weight is 321 g/mol. The highest BCUT2D eigenvalue weighted by molar-refractivity contribution is 8.00. The van der Waals surface area contributed by atoms with E-state index in [0.29, 0.717) is 29.9 Å². The molecule has 8 heteroatoms. The van der Waals surface area contributed by atoms with Crippen LogP contribution in [0.4, 0.5) is 0 Å². The van der Waals surface area contributed by atoms with E-state index in [1.165, 1.54) is 18.9 Å². The molecule has 22 heavy (non-hydrogen) atoms. The van der Waals surface area contributed by atoms with E-state index < -0.39 is 0 Å². The van der Waals surface area contributed by atoms with Crippen LogP contribution in [0.15, 0.2) is 23.4 Å². The molecule has 1 aliphatic heterocycles. The van der Waals surface area contributed by atoms with E-state index in [-0.39, 0.29) is 11.2 Å². The van der Waals surface area contributed by atoms with Crippen molar-refractivity contribution in [3.8, 4) is 22.9 Å². The van der Waals surface area contributed by atoms with Crippen molar-refractivity contribution in [2.24, 2.45) is 0 Å². The number of nitrogens with zero attached hydrogens (tertiary/aromatic N) is 2. The molecule has 1 N–H and O–H groups in total. The molecule has 3 rings (SSSR count). The van der Waals surface area contributed by atoms with Crippen LogP contribution in [0, 0.1) is 0 Å². The molecule has 2 heterocycles. The van der Waals surface area contributed by atoms with Gasteiger partial charge in [-0.25, -0.2) is 4.98 Å². The van der Waals surface area contributed by atoms with Crippen LogP contribution in [-0.2, 0) is 9.53 Å². The zero-order chi connectivity index (χ0) is 15.5. The third-order valence-corrected chi connectivity index (χ3v) is 4.04. The van der Waals surface area contributed by atoms with E-state index in [2.05, 4.69) is 19.9 Å². The standard InChI is InChI=1S/C14H15N3O4S/c1-8(13(18)19-2)22-14-15-12(16-17-14)9-3-4-10-11(7-9)21-6-5-20-10/h3-4,7-8H,5-6H2,1-2H3,(H,15,16,17)/t8-/m0/s1. The number of fused-ring (bicyclic) bond motifs is 1. The fourth-order valence-electron chi connectivity index (χ4n) is 1.99. The highest BCUT2D eigenvalue weighted by Gasteiger charge is 2.18. The van der Waals surface area contributed by atoms with Gasteiger partial charge in [0.05, 0.1) is 7.11 Å². The Morgan fingerprint density at radius 3 is 2.91 bits per heavy atom. The molecular weight excluding hydrogens is 306 g/mol. The van der Waals surface area contributed by atoms with Gasteiger partial charge < -0.3 is 14.2 Å². The largest absolute Gasteiger partial charge is 0.486 e. The van der Waals surface area contributed by atoms with Gasteiger partial charge >= 0.3 is 5.97 Å². The van der Waals surface area contributed by atoms with Gasteiger partial charge in [-0.1, -0.05) is 11.8 Å². The van der Waals surface area contributed by atoms with Crippen LogP contribution in [0.3, 0.4) is 0 Å². The lowest BCUT2D eigenvalue weighted by atomic mass is 10.2. The summed E-state index contributed by atoms with van der Waals surface area (Å²) in [5, 5.41) is 7.09. The van der Waals surface area contributed by atoms with Crippen molar-refractivity contribution in [2.45, 2.75) is 17.3 Å². The fourth-order valence-corrected chi connectivity index (χ4v) is 2.74. The number of aromatic nitrogens is 3. The summed E-state index contributed by atoms with van der Waals surface area (Å²) in [7, 11) is 1.36. The van der Waals surface area contributed by atoms with Crippen molar-refractivity contribution >= 4 is 17.7 Å². The van der Waals surface area contributed by atoms with Gasteiger partial charge in [0.25, 0.3) is 0 Å². The Hall–Kier alpha value is -2.22. The zero-order valence-electron chi connectivity index (χ0n) is 12.2. The highest BCUT2D eigenvalue weighted by Crippen LogP contribution is 2.34. The van der Waals surface area contributed by atoms with Crippen molar-refractivity contribution in [3.05, 3.63) is 18.2 Å². The second-order valence-corrected chi connectivity index (χ2v) is 5.92. The lowest BCUT2D eigenvalue weighted by Gasteiger charge is -2.18. The second kappa shape index (κ2) is 6.27. The molecule has 0 saturated carbocycles. The second-order valence-electron chi connectivity index (χ2n) is 4.61. The van der Waals surface area contributed by atoms with Crippen LogP contribution in [0.2, 0.25) is 0 Å². The van der Waals surface area contributed by atoms with E-state index in [0.717, 1.165) is 11.3 Å². The quantitative estimate of drug-likeness (QED) is 0.680. The summed E-state index contributed by atoms with van der Waals surface area (Å²) < 4.78 is 15.7. The normalized spacial score (nSPS) is 14.5. The number of methoxy groups -OCH3 is 1. The molecule has 0 spiro atoms. The van der Waals surface area contributed by atoms with E-state index in [9.17, 15) is 4.79 Å². The number of thioether (sulfide) groups is 1. The number of H-pyrrole nitrogens is 1. The molecule has 0 fully saturated rings. The molecule has 116 valence electrons. The molecule has 1 aromatic heterocycles. The lowest BCUT2D eigenvalue weighted by Crippen LogP contribution is -2.15. The van der Waals surface area contributed by atoms with Crippen molar-refractivity contribution in [2.75, 3.05) is 20.3 Å². The summed E-state index contributed by atoms with van der Waals surface area (Å²) in [5.41, 5.74) is 0.842. The first-order chi connectivity index (χ1) is 10.7. The van der Waals surface area contributed by atoms with Gasteiger partial charge in [-0.2, -0.15) is 0 Å². The molecule has 0 unspecified atom stereocenters. The summed E-state index contributed by atoms with van der Waals surface area (Å²) in [6.45, 7) is 2.84. The topological polar surface area (TPSA) is 86.3 Å². The molecule has 7 nitrogen and oxygen atoms in total. The average Bonchev–Trinajstić information content (AvgIpc) is 3.02. The predicted molar refractivity (Wildman–Crippen MR) is 80.1 cm³/mol. The molecule has 1 aromatic carbocycles. The minimum Gasteiger partial charge on any atom is -0.486 e. The smallest absolute Gasteiger partial charge is 0.318 e. The van der Waals surface area contributed by atoms with Crippen molar-refractivity contribution < 1.29 is 19.0 Å². The summed E-state index contributed by atoms with van der Waals surface area (Å²) in [6, 6.07) is 5.58. The first kappa shape index (κ1) is 14.7. The Morgan fingerprint density at radius 1 is 1.36 bits per heavy atom. The van der Waals surface area contributed by atoms with E-state index in [1.807, 2.05) is 18.2 Å². The number of esters is 1. The van der Waals surface area contributed by atoms with Gasteiger partial charge in [-0.3, -0.25) is 9.89 Å². The summed E-state index contributed by atoms with van der Waals surface area (Å²) >= 11 is 1.24. The number of hydrogen-bond donors (Lipinski definition) is 1. The van der Waals surface area contributed by atoms with Crippen LogP contribution in [0.1, 0.15) is 6.92 Å². The van der Waals surface area contributed by atoms with Crippen LogP contribution < -0.4 is 9.47 Å². The maximum Gasteiger partial charge on any atom is 0.318 e. The highest BCUT2D eigenvalue weighted by atomic mass is 32.2. The molecule has 0 radical (unpaired) electrons. The Labute approximate surface area is 131 Å². The molecule has 2 aromatic rings. The lowest BCUT2D eigenvalue weighted by molar-refractivity contribution is -0.139. The summed E-state index contributed by atoms with van der Waals surface area (Å²) in [5.74, 6) is 1.72. The van der Waals surface area contributed by atoms with Crippen molar-refractivity contribution in [1.82, 2.24) is 15.2 Å². The molecule has 1 atom stereocenters. The predicted octanol–water partition coefficient (Wildman–Crippen LogP) is 1.90. The van der Waals surface area contributed by atoms with Gasteiger partial charge in [0.2, 0.25) is 5.16 Å². The van der Waals surface area contributed by atoms with Gasteiger partial charge in [0, 0.05) is 5.56 Å². The van der Waals surface area contributed by atoms with Gasteiger partial charge in [-0.05, 0) is 25.1 Å². The van der Waals surface area contributed by atoms with Crippen LogP contribution in [-0.4, -0.2) is 46.7 Å². The molecule has 0 saturated heterocycles. The fraction of sp³-hybridized carbons (Fsp3) is 0.357. The van der Waals surface area contributed by atoms with E-state index in [1.54, 1.807) is 6.92 Å². The number of aromatic amines is 1. The third-order valence-electron chi connectivity index (χ3n) is 3.10. The maximum atomic E-state index is 11.4. The molecule has 0 amide bonds. The first-order valence-electron chi connectivity index (χ1n) is 6.74. The third kappa shape index (κ3) is 3.01.